The number of amides is 1. The Bertz CT molecular complexity index is 586. The number of aromatic nitrogens is 2. The highest BCUT2D eigenvalue weighted by atomic mass is 16.4. The number of carbonyl (C=O) groups is 2. The predicted octanol–water partition coefficient (Wildman–Crippen LogP) is 2.66. The molecule has 1 saturated heterocycles. The van der Waals surface area contributed by atoms with Crippen molar-refractivity contribution in [3.8, 4) is 0 Å². The van der Waals surface area contributed by atoms with Gasteiger partial charge in [0.15, 0.2) is 0 Å². The lowest BCUT2D eigenvalue weighted by Crippen LogP contribution is -2.40. The monoisotopic (exact) mass is 321 g/mol. The minimum Gasteiger partial charge on any atom is -0.481 e. The molecule has 23 heavy (non-hydrogen) atoms. The second-order valence-electron chi connectivity index (χ2n) is 7.42. The fourth-order valence-electron chi connectivity index (χ4n) is 3.28. The quantitative estimate of drug-likeness (QED) is 0.925. The number of piperidine rings is 1. The molecule has 1 aromatic rings. The SMILES string of the molecule is Cc1c(C(=O)N2CCCC(CCC(=O)O)C2)cnn1C(C)(C)C. The predicted molar refractivity (Wildman–Crippen MR) is 87.5 cm³/mol. The highest BCUT2D eigenvalue weighted by Gasteiger charge is 2.28. The van der Waals surface area contributed by atoms with Crippen molar-refractivity contribution in [2.45, 2.75) is 58.9 Å². The average Bonchev–Trinajstić information content (AvgIpc) is 2.86. The molecule has 1 N–H and O–H groups in total. The van der Waals surface area contributed by atoms with Crippen molar-refractivity contribution in [1.82, 2.24) is 14.7 Å². The number of likely N-dealkylation sites (tertiary alicyclic amines) is 1. The van der Waals surface area contributed by atoms with E-state index >= 15 is 0 Å². The van der Waals surface area contributed by atoms with Crippen molar-refractivity contribution in [1.29, 1.82) is 0 Å². The second-order valence-corrected chi connectivity index (χ2v) is 7.42. The van der Waals surface area contributed by atoms with Gasteiger partial charge in [-0.2, -0.15) is 5.10 Å². The second kappa shape index (κ2) is 6.72. The zero-order valence-corrected chi connectivity index (χ0v) is 14.5. The maximum atomic E-state index is 12.8. The lowest BCUT2D eigenvalue weighted by Gasteiger charge is -2.32. The number of carboxylic acid groups (broad SMARTS) is 1. The fraction of sp³-hybridized carbons (Fsp3) is 0.706. The normalized spacial score (nSPS) is 19.0. The minimum absolute atomic E-state index is 0.0121. The Balaban J connectivity index is 2.08. The summed E-state index contributed by atoms with van der Waals surface area (Å²) in [6.07, 6.45) is 4.40. The van der Waals surface area contributed by atoms with Gasteiger partial charge in [-0.15, -0.1) is 0 Å². The molecule has 0 bridgehead atoms. The van der Waals surface area contributed by atoms with E-state index in [1.807, 2.05) is 16.5 Å². The van der Waals surface area contributed by atoms with Gasteiger partial charge in [0.25, 0.3) is 5.91 Å². The van der Waals surface area contributed by atoms with E-state index in [4.69, 9.17) is 5.11 Å². The minimum atomic E-state index is -0.768. The van der Waals surface area contributed by atoms with Gasteiger partial charge in [0.2, 0.25) is 0 Å². The molecule has 1 amide bonds. The Hall–Kier alpha value is -1.85. The van der Waals surface area contributed by atoms with E-state index in [2.05, 4.69) is 25.9 Å². The molecular weight excluding hydrogens is 294 g/mol. The summed E-state index contributed by atoms with van der Waals surface area (Å²) in [4.78, 5) is 25.4. The van der Waals surface area contributed by atoms with Crippen molar-refractivity contribution in [3.05, 3.63) is 17.5 Å². The molecule has 1 unspecified atom stereocenters. The maximum Gasteiger partial charge on any atom is 0.303 e. The largest absolute Gasteiger partial charge is 0.481 e. The zero-order chi connectivity index (χ0) is 17.2. The number of aliphatic carboxylic acids is 1. The number of carbonyl (C=O) groups excluding carboxylic acids is 1. The van der Waals surface area contributed by atoms with Crippen molar-refractivity contribution in [3.63, 3.8) is 0 Å². The van der Waals surface area contributed by atoms with E-state index in [-0.39, 0.29) is 23.8 Å². The molecular formula is C17H27N3O3. The molecule has 2 rings (SSSR count). The molecule has 1 atom stereocenters. The Morgan fingerprint density at radius 1 is 1.39 bits per heavy atom. The zero-order valence-electron chi connectivity index (χ0n) is 14.5. The molecule has 2 heterocycles. The van der Waals surface area contributed by atoms with Crippen LogP contribution in [0, 0.1) is 12.8 Å². The van der Waals surface area contributed by atoms with Gasteiger partial charge in [0, 0.05) is 25.2 Å². The first-order chi connectivity index (χ1) is 10.7. The van der Waals surface area contributed by atoms with E-state index in [1.54, 1.807) is 6.20 Å². The summed E-state index contributed by atoms with van der Waals surface area (Å²) in [6.45, 7) is 9.49. The molecule has 0 aromatic carbocycles. The van der Waals surface area contributed by atoms with Crippen molar-refractivity contribution >= 4 is 11.9 Å². The van der Waals surface area contributed by atoms with E-state index < -0.39 is 5.97 Å². The van der Waals surface area contributed by atoms with Crippen LogP contribution in [0.5, 0.6) is 0 Å². The van der Waals surface area contributed by atoms with E-state index in [9.17, 15) is 9.59 Å². The van der Waals surface area contributed by atoms with Gasteiger partial charge < -0.3 is 10.0 Å². The molecule has 0 radical (unpaired) electrons. The van der Waals surface area contributed by atoms with Gasteiger partial charge >= 0.3 is 5.97 Å². The number of rotatable bonds is 4. The lowest BCUT2D eigenvalue weighted by molar-refractivity contribution is -0.137. The van der Waals surface area contributed by atoms with Crippen molar-refractivity contribution in [2.75, 3.05) is 13.1 Å². The van der Waals surface area contributed by atoms with Crippen LogP contribution in [0.15, 0.2) is 6.20 Å². The van der Waals surface area contributed by atoms with Gasteiger partial charge in [-0.1, -0.05) is 0 Å². The van der Waals surface area contributed by atoms with Crippen LogP contribution >= 0.6 is 0 Å². The molecule has 1 aliphatic rings. The van der Waals surface area contributed by atoms with Crippen LogP contribution in [-0.2, 0) is 10.3 Å². The van der Waals surface area contributed by atoms with Crippen LogP contribution in [0.25, 0.3) is 0 Å². The summed E-state index contributed by atoms with van der Waals surface area (Å²) in [7, 11) is 0. The number of nitrogens with zero attached hydrogens (tertiary/aromatic N) is 3. The number of carboxylic acids is 1. The van der Waals surface area contributed by atoms with Crippen LogP contribution in [-0.4, -0.2) is 44.8 Å². The summed E-state index contributed by atoms with van der Waals surface area (Å²) in [5.41, 5.74) is 1.38. The van der Waals surface area contributed by atoms with Crippen LogP contribution in [0.4, 0.5) is 0 Å². The smallest absolute Gasteiger partial charge is 0.303 e. The maximum absolute atomic E-state index is 12.8. The van der Waals surface area contributed by atoms with E-state index in [0.717, 1.165) is 25.1 Å². The standard InChI is InChI=1S/C17H27N3O3/c1-12-14(10-18-20(12)17(2,3)4)16(23)19-9-5-6-13(11-19)7-8-15(21)22/h10,13H,5-9,11H2,1-4H3,(H,21,22). The molecule has 6 heteroatoms. The number of hydrogen-bond donors (Lipinski definition) is 1. The Morgan fingerprint density at radius 3 is 2.65 bits per heavy atom. The van der Waals surface area contributed by atoms with E-state index in [0.29, 0.717) is 18.5 Å². The molecule has 0 saturated carbocycles. The fourth-order valence-corrected chi connectivity index (χ4v) is 3.28. The summed E-state index contributed by atoms with van der Waals surface area (Å²) in [5.74, 6) is -0.476. The molecule has 0 spiro atoms. The highest BCUT2D eigenvalue weighted by molar-refractivity contribution is 5.95. The van der Waals surface area contributed by atoms with Gasteiger partial charge in [-0.25, -0.2) is 0 Å². The molecule has 128 valence electrons. The third-order valence-corrected chi connectivity index (χ3v) is 4.45. The van der Waals surface area contributed by atoms with Crippen molar-refractivity contribution < 1.29 is 14.7 Å². The number of hydrogen-bond acceptors (Lipinski definition) is 3. The molecule has 1 aliphatic heterocycles. The van der Waals surface area contributed by atoms with Crippen LogP contribution in [0.2, 0.25) is 0 Å². The van der Waals surface area contributed by atoms with Crippen LogP contribution in [0.3, 0.4) is 0 Å². The Kier molecular flexibility index (Phi) is 5.12. The van der Waals surface area contributed by atoms with Gasteiger partial charge in [-0.3, -0.25) is 14.3 Å². The first kappa shape index (κ1) is 17.5. The third kappa shape index (κ3) is 4.12. The lowest BCUT2D eigenvalue weighted by atomic mass is 9.93. The molecule has 0 aliphatic carbocycles. The summed E-state index contributed by atoms with van der Waals surface area (Å²) in [6, 6.07) is 0. The first-order valence-corrected chi connectivity index (χ1v) is 8.26. The molecule has 1 aromatic heterocycles. The molecule has 6 nitrogen and oxygen atoms in total. The van der Waals surface area contributed by atoms with Gasteiger partial charge in [-0.05, 0) is 52.9 Å². The summed E-state index contributed by atoms with van der Waals surface area (Å²) >= 11 is 0. The highest BCUT2D eigenvalue weighted by Crippen LogP contribution is 2.24. The van der Waals surface area contributed by atoms with Gasteiger partial charge in [0.05, 0.1) is 17.3 Å². The first-order valence-electron chi connectivity index (χ1n) is 8.26. The third-order valence-electron chi connectivity index (χ3n) is 4.45. The van der Waals surface area contributed by atoms with E-state index in [1.165, 1.54) is 0 Å². The Labute approximate surface area is 137 Å². The van der Waals surface area contributed by atoms with Crippen LogP contribution in [0.1, 0.15) is 62.5 Å². The Morgan fingerprint density at radius 2 is 2.09 bits per heavy atom. The topological polar surface area (TPSA) is 75.4 Å². The van der Waals surface area contributed by atoms with Crippen molar-refractivity contribution in [2.24, 2.45) is 5.92 Å². The van der Waals surface area contributed by atoms with Gasteiger partial charge in [0.1, 0.15) is 0 Å². The average molecular weight is 321 g/mol. The molecule has 1 fully saturated rings. The van der Waals surface area contributed by atoms with Crippen LogP contribution < -0.4 is 0 Å². The summed E-state index contributed by atoms with van der Waals surface area (Å²) in [5, 5.41) is 13.2. The summed E-state index contributed by atoms with van der Waals surface area (Å²) < 4.78 is 1.88.